The number of hydrogen-bond donors (Lipinski definition) is 0. The van der Waals surface area contributed by atoms with Crippen molar-refractivity contribution in [3.63, 3.8) is 0 Å². The molecule has 0 amide bonds. The van der Waals surface area contributed by atoms with Crippen LogP contribution in [0, 0.1) is 0 Å². The van der Waals surface area contributed by atoms with Gasteiger partial charge in [-0.3, -0.25) is 0 Å². The van der Waals surface area contributed by atoms with Gasteiger partial charge in [0, 0.05) is 0 Å². The summed E-state index contributed by atoms with van der Waals surface area (Å²) in [6.07, 6.45) is -15.2. The zero-order valence-electron chi connectivity index (χ0n) is 9.40. The molecule has 108 valence electrons. The molecule has 0 saturated heterocycles. The molecule has 0 aliphatic rings. The molecule has 0 fully saturated rings. The summed E-state index contributed by atoms with van der Waals surface area (Å²) in [5.74, 6) is -0.879. The summed E-state index contributed by atoms with van der Waals surface area (Å²) in [5.41, 5.74) is 0.0700. The lowest BCUT2D eigenvalue weighted by atomic mass is 10.2. The van der Waals surface area contributed by atoms with Crippen LogP contribution < -0.4 is 4.74 Å². The Bertz CT molecular complexity index is 592. The molecule has 10 heteroatoms. The fourth-order valence-electron chi connectivity index (χ4n) is 1.42. The minimum Gasteiger partial charge on any atom is -0.453 e. The van der Waals surface area contributed by atoms with Gasteiger partial charge in [0.2, 0.25) is 5.88 Å². The van der Waals surface area contributed by atoms with Crippen LogP contribution in [0.25, 0.3) is 10.9 Å². The van der Waals surface area contributed by atoms with Crippen molar-refractivity contribution in [3.05, 3.63) is 24.3 Å². The number of aromatic nitrogens is 3. The summed E-state index contributed by atoms with van der Waals surface area (Å²) in [7, 11) is 0. The van der Waals surface area contributed by atoms with Gasteiger partial charge in [-0.2, -0.15) is 26.3 Å². The third-order valence-electron chi connectivity index (χ3n) is 2.25. The van der Waals surface area contributed by atoms with Crippen LogP contribution >= 0.6 is 0 Å². The van der Waals surface area contributed by atoms with Crippen molar-refractivity contribution in [2.75, 3.05) is 0 Å². The molecule has 0 saturated carbocycles. The topological polar surface area (TPSA) is 47.9 Å². The quantitative estimate of drug-likeness (QED) is 0.800. The maximum atomic E-state index is 12.4. The molecule has 0 N–H and O–H groups in total. The lowest BCUT2D eigenvalue weighted by Crippen LogP contribution is -2.46. The van der Waals surface area contributed by atoms with E-state index in [0.717, 1.165) is 0 Å². The van der Waals surface area contributed by atoms with E-state index in [1.807, 2.05) is 0 Å². The molecule has 0 radical (unpaired) electrons. The second-order valence-electron chi connectivity index (χ2n) is 3.69. The van der Waals surface area contributed by atoms with E-state index in [9.17, 15) is 26.3 Å². The average molecular weight is 297 g/mol. The Kier molecular flexibility index (Phi) is 3.40. The van der Waals surface area contributed by atoms with E-state index in [1.165, 1.54) is 24.3 Å². The van der Waals surface area contributed by atoms with Gasteiger partial charge in [0.15, 0.2) is 0 Å². The fraction of sp³-hybridized carbons (Fsp3) is 0.300. The van der Waals surface area contributed by atoms with Crippen LogP contribution in [0.1, 0.15) is 0 Å². The van der Waals surface area contributed by atoms with Crippen molar-refractivity contribution in [1.29, 1.82) is 0 Å². The Balaban J connectivity index is 2.44. The Hall–Kier alpha value is -2.13. The summed E-state index contributed by atoms with van der Waals surface area (Å²) in [6.45, 7) is 0. The minimum atomic E-state index is -5.62. The Morgan fingerprint density at radius 3 is 2.10 bits per heavy atom. The summed E-state index contributed by atoms with van der Waals surface area (Å²) in [5, 5.41) is 9.53. The van der Waals surface area contributed by atoms with E-state index >= 15 is 0 Å². The van der Waals surface area contributed by atoms with E-state index in [0.29, 0.717) is 0 Å². The molecule has 2 aromatic rings. The Labute approximate surface area is 107 Å². The summed E-state index contributed by atoms with van der Waals surface area (Å²) in [6, 6.07) is 5.48. The molecule has 1 aromatic heterocycles. The van der Waals surface area contributed by atoms with Crippen molar-refractivity contribution in [2.45, 2.75) is 18.5 Å². The van der Waals surface area contributed by atoms with Gasteiger partial charge in [-0.15, -0.1) is 5.10 Å². The van der Waals surface area contributed by atoms with Crippen LogP contribution in [0.15, 0.2) is 24.3 Å². The molecule has 20 heavy (non-hydrogen) atoms. The molecule has 0 atom stereocenters. The SMILES string of the molecule is FC(F)(F)C(Oc1nnnc2ccccc12)C(F)(F)F. The molecule has 0 aliphatic carbocycles. The standard InChI is InChI=1S/C10H5F6N3O/c11-9(12,13)8(10(14,15)16)20-7-5-3-1-2-4-6(5)17-19-18-7/h1-4,8H. The lowest BCUT2D eigenvalue weighted by molar-refractivity contribution is -0.300. The molecule has 4 nitrogen and oxygen atoms in total. The van der Waals surface area contributed by atoms with E-state index in [2.05, 4.69) is 20.1 Å². The molecule has 2 rings (SSSR count). The highest BCUT2D eigenvalue weighted by Crippen LogP contribution is 2.37. The van der Waals surface area contributed by atoms with Crippen molar-refractivity contribution in [1.82, 2.24) is 15.4 Å². The van der Waals surface area contributed by atoms with Crippen molar-refractivity contribution >= 4 is 10.9 Å². The molecule has 0 unspecified atom stereocenters. The first-order valence-corrected chi connectivity index (χ1v) is 5.08. The first-order chi connectivity index (χ1) is 9.19. The smallest absolute Gasteiger partial charge is 0.434 e. The maximum Gasteiger partial charge on any atom is 0.434 e. The normalized spacial score (nSPS) is 12.9. The number of halogens is 6. The fourth-order valence-corrected chi connectivity index (χ4v) is 1.42. The van der Waals surface area contributed by atoms with Crippen LogP contribution in [0.2, 0.25) is 0 Å². The Morgan fingerprint density at radius 2 is 1.50 bits per heavy atom. The second kappa shape index (κ2) is 4.76. The summed E-state index contributed by atoms with van der Waals surface area (Å²) >= 11 is 0. The highest BCUT2D eigenvalue weighted by Gasteiger charge is 2.59. The van der Waals surface area contributed by atoms with Gasteiger partial charge >= 0.3 is 12.4 Å². The molecule has 0 bridgehead atoms. The van der Waals surface area contributed by atoms with Gasteiger partial charge in [0.25, 0.3) is 6.10 Å². The van der Waals surface area contributed by atoms with Gasteiger partial charge in [0.05, 0.1) is 5.39 Å². The molecule has 1 heterocycles. The van der Waals surface area contributed by atoms with E-state index < -0.39 is 24.3 Å². The average Bonchev–Trinajstić information content (AvgIpc) is 2.33. The number of ether oxygens (including phenoxy) is 1. The molecule has 1 aromatic carbocycles. The molecular formula is C10H5F6N3O. The van der Waals surface area contributed by atoms with Gasteiger partial charge in [-0.25, -0.2) is 0 Å². The minimum absolute atomic E-state index is 0.0700. The molecule has 0 aliphatic heterocycles. The number of hydrogen-bond acceptors (Lipinski definition) is 4. The number of benzene rings is 1. The number of nitrogens with zero attached hydrogens (tertiary/aromatic N) is 3. The van der Waals surface area contributed by atoms with Gasteiger partial charge in [-0.05, 0) is 17.3 Å². The molecule has 0 spiro atoms. The first-order valence-electron chi connectivity index (χ1n) is 5.08. The highest BCUT2D eigenvalue weighted by atomic mass is 19.4. The Morgan fingerprint density at radius 1 is 0.900 bits per heavy atom. The lowest BCUT2D eigenvalue weighted by Gasteiger charge is -2.23. The predicted octanol–water partition coefficient (Wildman–Crippen LogP) is 2.90. The first kappa shape index (κ1) is 14.3. The van der Waals surface area contributed by atoms with Crippen molar-refractivity contribution in [2.24, 2.45) is 0 Å². The number of fused-ring (bicyclic) bond motifs is 1. The summed E-state index contributed by atoms with van der Waals surface area (Å²) in [4.78, 5) is 0. The third-order valence-corrected chi connectivity index (χ3v) is 2.25. The van der Waals surface area contributed by atoms with E-state index in [-0.39, 0.29) is 10.9 Å². The largest absolute Gasteiger partial charge is 0.453 e. The van der Waals surface area contributed by atoms with Crippen LogP contribution in [0.3, 0.4) is 0 Å². The monoisotopic (exact) mass is 297 g/mol. The van der Waals surface area contributed by atoms with Gasteiger partial charge in [-0.1, -0.05) is 17.2 Å². The highest BCUT2D eigenvalue weighted by molar-refractivity contribution is 5.82. The van der Waals surface area contributed by atoms with Crippen LogP contribution in [0.4, 0.5) is 26.3 Å². The zero-order chi connectivity index (χ0) is 15.0. The van der Waals surface area contributed by atoms with E-state index in [1.54, 1.807) is 0 Å². The van der Waals surface area contributed by atoms with Crippen molar-refractivity contribution in [3.8, 4) is 5.88 Å². The van der Waals surface area contributed by atoms with Gasteiger partial charge < -0.3 is 4.74 Å². The van der Waals surface area contributed by atoms with Gasteiger partial charge in [0.1, 0.15) is 5.52 Å². The molecular weight excluding hydrogens is 292 g/mol. The third kappa shape index (κ3) is 2.89. The van der Waals surface area contributed by atoms with Crippen LogP contribution in [0.5, 0.6) is 5.88 Å². The number of alkyl halides is 6. The van der Waals surface area contributed by atoms with Crippen LogP contribution in [-0.4, -0.2) is 33.9 Å². The summed E-state index contributed by atoms with van der Waals surface area (Å²) < 4.78 is 78.4. The van der Waals surface area contributed by atoms with Crippen molar-refractivity contribution < 1.29 is 31.1 Å². The predicted molar refractivity (Wildman–Crippen MR) is 53.9 cm³/mol. The second-order valence-corrected chi connectivity index (χ2v) is 3.69. The van der Waals surface area contributed by atoms with Crippen LogP contribution in [-0.2, 0) is 0 Å². The zero-order valence-corrected chi connectivity index (χ0v) is 9.40. The number of rotatable bonds is 2. The maximum absolute atomic E-state index is 12.4. The van der Waals surface area contributed by atoms with E-state index in [4.69, 9.17) is 0 Å².